The molecule has 0 aliphatic rings. The van der Waals surface area contributed by atoms with Gasteiger partial charge in [-0.3, -0.25) is 0 Å². The molecule has 2 nitrogen and oxygen atoms in total. The summed E-state index contributed by atoms with van der Waals surface area (Å²) in [6.07, 6.45) is 1.64. The van der Waals surface area contributed by atoms with Gasteiger partial charge in [0.05, 0.1) is 12.9 Å². The van der Waals surface area contributed by atoms with Gasteiger partial charge in [-0.05, 0) is 11.4 Å². The van der Waals surface area contributed by atoms with Crippen LogP contribution < -0.4 is 0 Å². The maximum Gasteiger partial charge on any atom is 0.166 e. The van der Waals surface area contributed by atoms with Gasteiger partial charge >= 0.3 is 0 Å². The largest absolute Gasteiger partial charge is 0.315 e. The maximum atomic E-state index is 5.90. The Morgan fingerprint density at radius 3 is 2.85 bits per heavy atom. The Labute approximate surface area is 89.7 Å². The maximum absolute atomic E-state index is 5.90. The lowest BCUT2D eigenvalue weighted by atomic mass is 10.5. The van der Waals surface area contributed by atoms with Gasteiger partial charge in [-0.15, -0.1) is 11.3 Å². The van der Waals surface area contributed by atoms with E-state index in [1.54, 1.807) is 17.7 Å². The van der Waals surface area contributed by atoms with E-state index in [0.717, 1.165) is 6.54 Å². The zero-order valence-corrected chi connectivity index (χ0v) is 8.90. The van der Waals surface area contributed by atoms with Crippen LogP contribution in [0.5, 0.6) is 0 Å². The molecule has 2 aromatic rings. The van der Waals surface area contributed by atoms with Crippen LogP contribution >= 0.6 is 34.5 Å². The van der Waals surface area contributed by atoms with Crippen LogP contribution in [0.25, 0.3) is 0 Å². The highest BCUT2D eigenvalue weighted by atomic mass is 35.5. The SMILES string of the molecule is Clc1ncn(Cc2cccs2)c1Cl. The first kappa shape index (κ1) is 9.06. The molecule has 68 valence electrons. The molecule has 0 saturated heterocycles. The van der Waals surface area contributed by atoms with Crippen LogP contribution in [0.15, 0.2) is 23.8 Å². The Morgan fingerprint density at radius 1 is 1.46 bits per heavy atom. The van der Waals surface area contributed by atoms with E-state index in [0.29, 0.717) is 10.3 Å². The van der Waals surface area contributed by atoms with Gasteiger partial charge in [-0.2, -0.15) is 0 Å². The summed E-state index contributed by atoms with van der Waals surface area (Å²) >= 11 is 13.3. The van der Waals surface area contributed by atoms with Crippen molar-refractivity contribution < 1.29 is 0 Å². The molecule has 5 heteroatoms. The predicted molar refractivity (Wildman–Crippen MR) is 55.7 cm³/mol. The fraction of sp³-hybridized carbons (Fsp3) is 0.125. The van der Waals surface area contributed by atoms with Gasteiger partial charge in [-0.1, -0.05) is 29.3 Å². The van der Waals surface area contributed by atoms with Gasteiger partial charge in [-0.25, -0.2) is 4.98 Å². The van der Waals surface area contributed by atoms with Crippen LogP contribution in [0.3, 0.4) is 0 Å². The number of nitrogens with zero attached hydrogens (tertiary/aromatic N) is 2. The first-order valence-corrected chi connectivity index (χ1v) is 5.29. The number of imidazole rings is 1. The van der Waals surface area contributed by atoms with Crippen LogP contribution in [0.4, 0.5) is 0 Å². The Balaban J connectivity index is 2.24. The molecule has 2 rings (SSSR count). The Bertz CT molecular complexity index is 394. The molecule has 0 amide bonds. The average Bonchev–Trinajstić information content (AvgIpc) is 2.71. The summed E-state index contributed by atoms with van der Waals surface area (Å²) < 4.78 is 1.82. The summed E-state index contributed by atoms with van der Waals surface area (Å²) in [4.78, 5) is 5.13. The molecule has 2 aromatic heterocycles. The molecular weight excluding hydrogens is 227 g/mol. The van der Waals surface area contributed by atoms with Crippen molar-refractivity contribution in [2.75, 3.05) is 0 Å². The van der Waals surface area contributed by atoms with E-state index in [4.69, 9.17) is 23.2 Å². The molecule has 0 spiro atoms. The summed E-state index contributed by atoms with van der Waals surface area (Å²) in [5.74, 6) is 0. The van der Waals surface area contributed by atoms with Gasteiger partial charge in [0.25, 0.3) is 0 Å². The molecule has 13 heavy (non-hydrogen) atoms. The van der Waals surface area contributed by atoms with E-state index in [1.807, 2.05) is 16.0 Å². The van der Waals surface area contributed by atoms with E-state index < -0.39 is 0 Å². The molecule has 0 unspecified atom stereocenters. The highest BCUT2D eigenvalue weighted by Gasteiger charge is 2.06. The van der Waals surface area contributed by atoms with Crippen LogP contribution in [-0.2, 0) is 6.54 Å². The lowest BCUT2D eigenvalue weighted by molar-refractivity contribution is 0.811. The summed E-state index contributed by atoms with van der Waals surface area (Å²) in [6, 6.07) is 4.06. The number of halogens is 2. The van der Waals surface area contributed by atoms with Crippen LogP contribution in [0, 0.1) is 0 Å². The van der Waals surface area contributed by atoms with E-state index >= 15 is 0 Å². The minimum atomic E-state index is 0.359. The second kappa shape index (κ2) is 3.70. The predicted octanol–water partition coefficient (Wildman–Crippen LogP) is 3.30. The minimum absolute atomic E-state index is 0.359. The van der Waals surface area contributed by atoms with Crippen molar-refractivity contribution in [3.8, 4) is 0 Å². The lowest BCUT2D eigenvalue weighted by Crippen LogP contribution is -1.95. The van der Waals surface area contributed by atoms with Crippen molar-refractivity contribution in [2.45, 2.75) is 6.54 Å². The first-order valence-electron chi connectivity index (χ1n) is 3.66. The second-order valence-corrected chi connectivity index (χ2v) is 4.28. The van der Waals surface area contributed by atoms with Gasteiger partial charge < -0.3 is 4.57 Å². The number of aromatic nitrogens is 2. The smallest absolute Gasteiger partial charge is 0.166 e. The van der Waals surface area contributed by atoms with Crippen LogP contribution in [0.2, 0.25) is 10.3 Å². The number of hydrogen-bond donors (Lipinski definition) is 0. The van der Waals surface area contributed by atoms with E-state index in [9.17, 15) is 0 Å². The van der Waals surface area contributed by atoms with E-state index in [1.165, 1.54) is 4.88 Å². The molecule has 2 heterocycles. The monoisotopic (exact) mass is 232 g/mol. The van der Waals surface area contributed by atoms with Gasteiger partial charge in [0.15, 0.2) is 5.15 Å². The fourth-order valence-corrected chi connectivity index (χ4v) is 2.03. The average molecular weight is 233 g/mol. The van der Waals surface area contributed by atoms with Crippen molar-refractivity contribution in [3.63, 3.8) is 0 Å². The molecule has 0 radical (unpaired) electrons. The quantitative estimate of drug-likeness (QED) is 0.778. The Hall–Kier alpha value is -0.510. The van der Waals surface area contributed by atoms with Crippen molar-refractivity contribution in [3.05, 3.63) is 39.0 Å². The molecule has 0 aliphatic carbocycles. The molecule has 0 N–H and O–H groups in total. The highest BCUT2D eigenvalue weighted by molar-refractivity contribution is 7.09. The van der Waals surface area contributed by atoms with Crippen LogP contribution in [-0.4, -0.2) is 9.55 Å². The van der Waals surface area contributed by atoms with Gasteiger partial charge in [0.1, 0.15) is 5.15 Å². The molecule has 0 bridgehead atoms. The molecule has 0 fully saturated rings. The first-order chi connectivity index (χ1) is 6.27. The van der Waals surface area contributed by atoms with E-state index in [-0.39, 0.29) is 0 Å². The van der Waals surface area contributed by atoms with Gasteiger partial charge in [0, 0.05) is 4.88 Å². The zero-order chi connectivity index (χ0) is 9.26. The lowest BCUT2D eigenvalue weighted by Gasteiger charge is -1.99. The van der Waals surface area contributed by atoms with Crippen LogP contribution in [0.1, 0.15) is 4.88 Å². The summed E-state index contributed by atoms with van der Waals surface area (Å²) in [5.41, 5.74) is 0. The third-order valence-electron chi connectivity index (χ3n) is 1.64. The summed E-state index contributed by atoms with van der Waals surface area (Å²) in [5, 5.41) is 2.88. The molecular formula is C8H6Cl2N2S. The van der Waals surface area contributed by atoms with E-state index in [2.05, 4.69) is 11.1 Å². The standard InChI is InChI=1S/C8H6Cl2N2S/c9-7-8(10)12(5-11-7)4-6-2-1-3-13-6/h1-3,5H,4H2. The van der Waals surface area contributed by atoms with Crippen molar-refractivity contribution >= 4 is 34.5 Å². The zero-order valence-electron chi connectivity index (χ0n) is 6.58. The number of thiophene rings is 1. The third-order valence-corrected chi connectivity index (χ3v) is 3.27. The number of hydrogen-bond acceptors (Lipinski definition) is 2. The fourth-order valence-electron chi connectivity index (χ4n) is 1.02. The molecule has 0 atom stereocenters. The summed E-state index contributed by atoms with van der Waals surface area (Å²) in [7, 11) is 0. The third kappa shape index (κ3) is 1.88. The highest BCUT2D eigenvalue weighted by Crippen LogP contribution is 2.21. The second-order valence-electron chi connectivity index (χ2n) is 2.53. The molecule has 0 saturated carbocycles. The Morgan fingerprint density at radius 2 is 2.31 bits per heavy atom. The van der Waals surface area contributed by atoms with Crippen molar-refractivity contribution in [2.24, 2.45) is 0 Å². The van der Waals surface area contributed by atoms with Gasteiger partial charge in [0.2, 0.25) is 0 Å². The van der Waals surface area contributed by atoms with Crippen molar-refractivity contribution in [1.29, 1.82) is 0 Å². The normalized spacial score (nSPS) is 10.6. The molecule has 0 aliphatic heterocycles. The topological polar surface area (TPSA) is 17.8 Å². The Kier molecular flexibility index (Phi) is 2.58. The summed E-state index contributed by atoms with van der Waals surface area (Å²) in [6.45, 7) is 0.732. The minimum Gasteiger partial charge on any atom is -0.315 e. The molecule has 0 aromatic carbocycles. The number of rotatable bonds is 2. The van der Waals surface area contributed by atoms with Crippen molar-refractivity contribution in [1.82, 2.24) is 9.55 Å².